The number of carbonyl (C=O) groups excluding carboxylic acids is 2. The molecule has 2 aromatic carbocycles. The number of ether oxygens (including phenoxy) is 1. The Morgan fingerprint density at radius 3 is 2.17 bits per heavy atom. The molecule has 1 aliphatic carbocycles. The van der Waals surface area contributed by atoms with Crippen LogP contribution in [-0.4, -0.2) is 36.9 Å². The summed E-state index contributed by atoms with van der Waals surface area (Å²) in [6, 6.07) is 17.0. The molecule has 1 heterocycles. The Hall–Kier alpha value is -3.08. The SMILES string of the molecule is COc1ccc(C2=C(N(C)c3ccccc3)C(=O)N(C3CCCCC3)C2=O)cc1. The predicted molar refractivity (Wildman–Crippen MR) is 113 cm³/mol. The van der Waals surface area contributed by atoms with E-state index in [0.29, 0.717) is 17.0 Å². The highest BCUT2D eigenvalue weighted by molar-refractivity contribution is 6.36. The number of amides is 2. The Kier molecular flexibility index (Phi) is 5.38. The lowest BCUT2D eigenvalue weighted by Crippen LogP contribution is -2.43. The van der Waals surface area contributed by atoms with Gasteiger partial charge in [-0.25, -0.2) is 0 Å². The first-order valence-electron chi connectivity index (χ1n) is 10.2. The third-order valence-corrected chi connectivity index (χ3v) is 5.89. The fraction of sp³-hybridized carbons (Fsp3) is 0.333. The fourth-order valence-corrected chi connectivity index (χ4v) is 4.32. The molecule has 5 heteroatoms. The second-order valence-electron chi connectivity index (χ2n) is 7.62. The standard InChI is InChI=1S/C24H26N2O3/c1-25(18-9-5-3-6-10-18)22-21(17-13-15-20(29-2)16-14-17)23(27)26(24(22)28)19-11-7-4-8-12-19/h3,5-6,9-10,13-16,19H,4,7-8,11-12H2,1-2H3. The van der Waals surface area contributed by atoms with Crippen molar-refractivity contribution in [3.05, 3.63) is 65.9 Å². The molecule has 150 valence electrons. The summed E-state index contributed by atoms with van der Waals surface area (Å²) in [6.07, 6.45) is 5.06. The van der Waals surface area contributed by atoms with E-state index in [1.54, 1.807) is 7.11 Å². The highest BCUT2D eigenvalue weighted by atomic mass is 16.5. The van der Waals surface area contributed by atoms with Crippen LogP contribution in [0.4, 0.5) is 5.69 Å². The molecule has 2 aromatic rings. The lowest BCUT2D eigenvalue weighted by Gasteiger charge is -2.30. The molecule has 2 aliphatic rings. The number of rotatable bonds is 5. The monoisotopic (exact) mass is 390 g/mol. The van der Waals surface area contributed by atoms with Crippen LogP contribution in [0.3, 0.4) is 0 Å². The second kappa shape index (κ2) is 8.11. The topological polar surface area (TPSA) is 49.9 Å². The maximum atomic E-state index is 13.5. The molecule has 0 unspecified atom stereocenters. The van der Waals surface area contributed by atoms with Crippen molar-refractivity contribution < 1.29 is 14.3 Å². The third kappa shape index (κ3) is 3.53. The molecule has 0 aromatic heterocycles. The Morgan fingerprint density at radius 1 is 0.897 bits per heavy atom. The van der Waals surface area contributed by atoms with Crippen molar-refractivity contribution >= 4 is 23.1 Å². The Labute approximate surface area is 171 Å². The Balaban J connectivity index is 1.79. The summed E-state index contributed by atoms with van der Waals surface area (Å²) in [6.45, 7) is 0. The minimum Gasteiger partial charge on any atom is -0.497 e. The van der Waals surface area contributed by atoms with Gasteiger partial charge in [-0.05, 0) is 42.7 Å². The first-order valence-corrected chi connectivity index (χ1v) is 10.2. The van der Waals surface area contributed by atoms with Crippen LogP contribution in [0.5, 0.6) is 5.75 Å². The Morgan fingerprint density at radius 2 is 1.55 bits per heavy atom. The number of imide groups is 1. The molecule has 0 bridgehead atoms. The van der Waals surface area contributed by atoms with Crippen LogP contribution in [-0.2, 0) is 9.59 Å². The van der Waals surface area contributed by atoms with Crippen molar-refractivity contribution in [1.29, 1.82) is 0 Å². The highest BCUT2D eigenvalue weighted by Gasteiger charge is 2.44. The van der Waals surface area contributed by atoms with Gasteiger partial charge in [0.25, 0.3) is 11.8 Å². The van der Waals surface area contributed by atoms with Crippen LogP contribution >= 0.6 is 0 Å². The van der Waals surface area contributed by atoms with Crippen molar-refractivity contribution in [2.24, 2.45) is 0 Å². The first-order chi connectivity index (χ1) is 14.1. The van der Waals surface area contributed by atoms with Gasteiger partial charge in [0.15, 0.2) is 0 Å². The molecule has 1 fully saturated rings. The number of hydrogen-bond donors (Lipinski definition) is 0. The average Bonchev–Trinajstić information content (AvgIpc) is 3.04. The zero-order valence-corrected chi connectivity index (χ0v) is 16.9. The largest absolute Gasteiger partial charge is 0.497 e. The Bertz CT molecular complexity index is 928. The summed E-state index contributed by atoms with van der Waals surface area (Å²) in [5, 5.41) is 0. The number of anilines is 1. The first kappa shape index (κ1) is 19.2. The number of likely N-dealkylation sites (N-methyl/N-ethyl adjacent to an activating group) is 1. The molecule has 1 aliphatic heterocycles. The van der Waals surface area contributed by atoms with E-state index in [0.717, 1.165) is 36.9 Å². The lowest BCUT2D eigenvalue weighted by atomic mass is 9.94. The van der Waals surface area contributed by atoms with Crippen LogP contribution in [0.2, 0.25) is 0 Å². The van der Waals surface area contributed by atoms with E-state index in [4.69, 9.17) is 4.74 Å². The zero-order chi connectivity index (χ0) is 20.4. The summed E-state index contributed by atoms with van der Waals surface area (Å²) < 4.78 is 5.25. The quantitative estimate of drug-likeness (QED) is 0.717. The van der Waals surface area contributed by atoms with E-state index in [1.807, 2.05) is 66.5 Å². The van der Waals surface area contributed by atoms with Crippen LogP contribution in [0.1, 0.15) is 37.7 Å². The number of nitrogens with zero attached hydrogens (tertiary/aromatic N) is 2. The normalized spacial score (nSPS) is 17.8. The van der Waals surface area contributed by atoms with Gasteiger partial charge in [0.05, 0.1) is 12.7 Å². The van der Waals surface area contributed by atoms with Gasteiger partial charge in [0.1, 0.15) is 11.4 Å². The van der Waals surface area contributed by atoms with Gasteiger partial charge >= 0.3 is 0 Å². The van der Waals surface area contributed by atoms with Crippen molar-refractivity contribution in [3.8, 4) is 5.75 Å². The van der Waals surface area contributed by atoms with Crippen LogP contribution in [0.25, 0.3) is 5.57 Å². The van der Waals surface area contributed by atoms with Crippen LogP contribution in [0.15, 0.2) is 60.3 Å². The third-order valence-electron chi connectivity index (χ3n) is 5.89. The molecule has 0 spiro atoms. The molecule has 4 rings (SSSR count). The van der Waals surface area contributed by atoms with E-state index < -0.39 is 0 Å². The van der Waals surface area contributed by atoms with Gasteiger partial charge in [-0.15, -0.1) is 0 Å². The minimum atomic E-state index is -0.195. The molecule has 1 saturated carbocycles. The van der Waals surface area contributed by atoms with Gasteiger partial charge in [-0.2, -0.15) is 0 Å². The van der Waals surface area contributed by atoms with Crippen LogP contribution < -0.4 is 9.64 Å². The molecule has 0 saturated heterocycles. The number of carbonyl (C=O) groups is 2. The van der Waals surface area contributed by atoms with Crippen molar-refractivity contribution in [3.63, 3.8) is 0 Å². The summed E-state index contributed by atoms with van der Waals surface area (Å²) in [7, 11) is 3.46. The number of methoxy groups -OCH3 is 1. The smallest absolute Gasteiger partial charge is 0.278 e. The van der Waals surface area contributed by atoms with Gasteiger partial charge < -0.3 is 9.64 Å². The fourth-order valence-electron chi connectivity index (χ4n) is 4.32. The van der Waals surface area contributed by atoms with Crippen LogP contribution in [0, 0.1) is 0 Å². The molecule has 0 atom stereocenters. The van der Waals surface area contributed by atoms with Gasteiger partial charge in [0.2, 0.25) is 0 Å². The van der Waals surface area contributed by atoms with Crippen molar-refractivity contribution in [1.82, 2.24) is 4.90 Å². The lowest BCUT2D eigenvalue weighted by molar-refractivity contribution is -0.140. The van der Waals surface area contributed by atoms with E-state index in [1.165, 1.54) is 11.3 Å². The zero-order valence-electron chi connectivity index (χ0n) is 16.9. The molecule has 29 heavy (non-hydrogen) atoms. The molecule has 0 radical (unpaired) electrons. The summed E-state index contributed by atoms with van der Waals surface area (Å²) in [4.78, 5) is 30.4. The molecule has 2 amide bonds. The molecular weight excluding hydrogens is 364 g/mol. The van der Waals surface area contributed by atoms with Crippen molar-refractivity contribution in [2.75, 3.05) is 19.1 Å². The number of para-hydroxylation sites is 1. The summed E-state index contributed by atoms with van der Waals surface area (Å²) >= 11 is 0. The highest BCUT2D eigenvalue weighted by Crippen LogP contribution is 2.37. The number of hydrogen-bond acceptors (Lipinski definition) is 4. The van der Waals surface area contributed by atoms with Gasteiger partial charge in [-0.1, -0.05) is 49.6 Å². The van der Waals surface area contributed by atoms with E-state index in [-0.39, 0.29) is 17.9 Å². The van der Waals surface area contributed by atoms with Crippen molar-refractivity contribution in [2.45, 2.75) is 38.1 Å². The van der Waals surface area contributed by atoms with Gasteiger partial charge in [0, 0.05) is 18.8 Å². The summed E-state index contributed by atoms with van der Waals surface area (Å²) in [5.74, 6) is 0.331. The van der Waals surface area contributed by atoms with E-state index in [9.17, 15) is 9.59 Å². The van der Waals surface area contributed by atoms with E-state index >= 15 is 0 Å². The second-order valence-corrected chi connectivity index (χ2v) is 7.62. The number of benzene rings is 2. The molecular formula is C24H26N2O3. The maximum Gasteiger partial charge on any atom is 0.278 e. The average molecular weight is 390 g/mol. The molecule has 5 nitrogen and oxygen atoms in total. The minimum absolute atomic E-state index is 0.0151. The van der Waals surface area contributed by atoms with E-state index in [2.05, 4.69) is 0 Å². The predicted octanol–water partition coefficient (Wildman–Crippen LogP) is 4.24. The maximum absolute atomic E-state index is 13.5. The summed E-state index contributed by atoms with van der Waals surface area (Å²) in [5.41, 5.74) is 2.52. The molecule has 0 N–H and O–H groups in total. The van der Waals surface area contributed by atoms with Gasteiger partial charge in [-0.3, -0.25) is 14.5 Å².